The lowest BCUT2D eigenvalue weighted by Gasteiger charge is -2.33. The summed E-state index contributed by atoms with van der Waals surface area (Å²) in [5.74, 6) is 0.662. The van der Waals surface area contributed by atoms with Gasteiger partial charge in [0.2, 0.25) is 5.91 Å². The van der Waals surface area contributed by atoms with Crippen LogP contribution in [0.5, 0.6) is 0 Å². The molecule has 0 saturated heterocycles. The zero-order valence-corrected chi connectivity index (χ0v) is 45.7. The first kappa shape index (κ1) is 64.4. The molecule has 0 aliphatic rings. The first-order valence-electron chi connectivity index (χ1n) is 29.5. The van der Waals surface area contributed by atoms with Crippen molar-refractivity contribution in [3.63, 3.8) is 0 Å². The van der Waals surface area contributed by atoms with Crippen molar-refractivity contribution in [2.75, 3.05) is 40.4 Å². The topological polar surface area (TPSA) is 76.2 Å². The number of rotatable bonds is 52. The number of hydrogen-bond donors (Lipinski definition) is 0. The largest absolute Gasteiger partial charge is 0.465 e. The van der Waals surface area contributed by atoms with Crippen LogP contribution in [-0.2, 0) is 23.9 Å². The van der Waals surface area contributed by atoms with Crippen molar-refractivity contribution in [1.29, 1.82) is 0 Å². The predicted molar refractivity (Wildman–Crippen MR) is 285 cm³/mol. The zero-order chi connectivity index (χ0) is 48.6. The molecule has 392 valence electrons. The van der Waals surface area contributed by atoms with Crippen LogP contribution in [0.4, 0.5) is 0 Å². The molecule has 0 aromatic heterocycles. The Morgan fingerprint density at radius 1 is 0.348 bits per heavy atom. The molecule has 1 amide bonds. The van der Waals surface area contributed by atoms with Gasteiger partial charge in [0, 0.05) is 19.0 Å². The minimum absolute atomic E-state index is 0.0487. The smallest absolute Gasteiger partial charge is 0.308 e. The second-order valence-electron chi connectivity index (χ2n) is 20.9. The molecular weight excluding hydrogens is 817 g/mol. The number of esters is 2. The molecule has 7 heteroatoms. The second-order valence-corrected chi connectivity index (χ2v) is 20.9. The highest BCUT2D eigenvalue weighted by Crippen LogP contribution is 2.24. The van der Waals surface area contributed by atoms with Gasteiger partial charge in [0.25, 0.3) is 0 Å². The van der Waals surface area contributed by atoms with Gasteiger partial charge in [-0.05, 0) is 84.8 Å². The van der Waals surface area contributed by atoms with Gasteiger partial charge in [-0.25, -0.2) is 0 Å². The molecule has 0 fully saturated rings. The van der Waals surface area contributed by atoms with Gasteiger partial charge in [0.15, 0.2) is 0 Å². The highest BCUT2D eigenvalue weighted by Gasteiger charge is 2.23. The third-order valence-electron chi connectivity index (χ3n) is 14.2. The lowest BCUT2D eigenvalue weighted by molar-refractivity contribution is -0.150. The van der Waals surface area contributed by atoms with Crippen LogP contribution in [0.2, 0.25) is 0 Å². The molecule has 0 N–H and O–H groups in total. The third-order valence-corrected chi connectivity index (χ3v) is 14.2. The van der Waals surface area contributed by atoms with E-state index in [2.05, 4.69) is 58.5 Å². The van der Waals surface area contributed by atoms with E-state index in [1.165, 1.54) is 148 Å². The number of nitrogens with zero attached hydrogens (tertiary/aromatic N) is 2. The van der Waals surface area contributed by atoms with Gasteiger partial charge in [0.05, 0.1) is 25.0 Å². The van der Waals surface area contributed by atoms with E-state index in [1.54, 1.807) is 0 Å². The number of amides is 1. The molecule has 0 heterocycles. The van der Waals surface area contributed by atoms with Gasteiger partial charge in [-0.15, -0.1) is 0 Å². The third kappa shape index (κ3) is 40.3. The molecule has 0 aromatic rings. The average molecular weight is 934 g/mol. The number of carbonyl (C=O) groups excluding carboxylic acids is 3. The molecule has 0 spiro atoms. The molecule has 0 aliphatic heterocycles. The lowest BCUT2D eigenvalue weighted by Crippen LogP contribution is -2.41. The molecule has 0 aliphatic carbocycles. The summed E-state index contributed by atoms with van der Waals surface area (Å²) in [6, 6.07) is 0.353. The van der Waals surface area contributed by atoms with Crippen molar-refractivity contribution in [2.45, 2.75) is 310 Å². The molecule has 7 nitrogen and oxygen atoms in total. The quantitative estimate of drug-likeness (QED) is 0.0447. The predicted octanol–water partition coefficient (Wildman–Crippen LogP) is 17.5. The van der Waals surface area contributed by atoms with Gasteiger partial charge >= 0.3 is 11.9 Å². The summed E-state index contributed by atoms with van der Waals surface area (Å²) in [7, 11) is 4.22. The minimum Gasteiger partial charge on any atom is -0.465 e. The molecule has 0 rings (SSSR count). The Kier molecular flexibility index (Phi) is 48.6. The van der Waals surface area contributed by atoms with E-state index in [1.807, 2.05) is 0 Å². The summed E-state index contributed by atoms with van der Waals surface area (Å²) in [5, 5.41) is 0. The molecule has 0 aromatic carbocycles. The fourth-order valence-electron chi connectivity index (χ4n) is 9.68. The van der Waals surface area contributed by atoms with E-state index >= 15 is 0 Å². The summed E-state index contributed by atoms with van der Waals surface area (Å²) >= 11 is 0. The van der Waals surface area contributed by atoms with Crippen molar-refractivity contribution in [2.24, 2.45) is 11.8 Å². The van der Waals surface area contributed by atoms with Crippen LogP contribution in [0.1, 0.15) is 304 Å². The van der Waals surface area contributed by atoms with E-state index in [0.29, 0.717) is 31.6 Å². The fraction of sp³-hybridized carbons (Fsp3) is 0.949. The van der Waals surface area contributed by atoms with Crippen LogP contribution in [-0.4, -0.2) is 74.1 Å². The average Bonchev–Trinajstić information content (AvgIpc) is 3.30. The number of ether oxygens (including phenoxy) is 2. The minimum atomic E-state index is 0.0487. The monoisotopic (exact) mass is 933 g/mol. The van der Waals surface area contributed by atoms with Crippen molar-refractivity contribution in [3.05, 3.63) is 0 Å². The number of carbonyl (C=O) groups is 3. The van der Waals surface area contributed by atoms with Gasteiger partial charge in [0.1, 0.15) is 0 Å². The normalized spacial score (nSPS) is 13.0. The summed E-state index contributed by atoms with van der Waals surface area (Å²) in [4.78, 5) is 44.2. The summed E-state index contributed by atoms with van der Waals surface area (Å²) in [6.07, 6.45) is 48.8. The van der Waals surface area contributed by atoms with Crippen LogP contribution in [0, 0.1) is 11.8 Å². The van der Waals surface area contributed by atoms with E-state index in [-0.39, 0.29) is 23.8 Å². The van der Waals surface area contributed by atoms with Gasteiger partial charge in [-0.3, -0.25) is 14.4 Å². The van der Waals surface area contributed by atoms with Crippen molar-refractivity contribution in [3.8, 4) is 0 Å². The SMILES string of the molecule is CCCCCCCCCCN(C(=O)CCCN(C)C)C(CCCCCCCCCOC(=O)C(CCCC)CCCCCC)CCCCCCCCCOC(=O)C(CCCC)CCCCCC. The maximum Gasteiger partial charge on any atom is 0.308 e. The molecule has 0 radical (unpaired) electrons. The molecule has 66 heavy (non-hydrogen) atoms. The lowest BCUT2D eigenvalue weighted by atomic mass is 9.95. The maximum atomic E-state index is 14.0. The maximum absolute atomic E-state index is 14.0. The van der Waals surface area contributed by atoms with Crippen LogP contribution < -0.4 is 0 Å². The van der Waals surface area contributed by atoms with E-state index in [9.17, 15) is 14.4 Å². The number of hydrogen-bond acceptors (Lipinski definition) is 6. The summed E-state index contributed by atoms with van der Waals surface area (Å²) in [6.45, 7) is 14.2. The Hall–Kier alpha value is -1.63. The van der Waals surface area contributed by atoms with Crippen molar-refractivity contribution >= 4 is 17.8 Å². The molecule has 0 saturated carbocycles. The van der Waals surface area contributed by atoms with Crippen LogP contribution in [0.3, 0.4) is 0 Å². The molecular formula is C59H116N2O5. The Morgan fingerprint density at radius 2 is 0.667 bits per heavy atom. The van der Waals surface area contributed by atoms with Crippen LogP contribution in [0.25, 0.3) is 0 Å². The fourth-order valence-corrected chi connectivity index (χ4v) is 9.68. The molecule has 2 atom stereocenters. The van der Waals surface area contributed by atoms with Gasteiger partial charge in [-0.2, -0.15) is 0 Å². The number of unbranched alkanes of at least 4 members (excludes halogenated alkanes) is 27. The summed E-state index contributed by atoms with van der Waals surface area (Å²) in [5.41, 5.74) is 0. The van der Waals surface area contributed by atoms with E-state index in [4.69, 9.17) is 9.47 Å². The van der Waals surface area contributed by atoms with Crippen LogP contribution >= 0.6 is 0 Å². The Labute approximate surface area is 412 Å². The Balaban J connectivity index is 5.02. The molecule has 2 unspecified atom stereocenters. The van der Waals surface area contributed by atoms with E-state index in [0.717, 1.165) is 129 Å². The van der Waals surface area contributed by atoms with Crippen LogP contribution in [0.15, 0.2) is 0 Å². The van der Waals surface area contributed by atoms with Gasteiger partial charge in [-0.1, -0.05) is 234 Å². The Bertz CT molecular complexity index is 995. The second kappa shape index (κ2) is 49.8. The van der Waals surface area contributed by atoms with Crippen molar-refractivity contribution in [1.82, 2.24) is 9.80 Å². The summed E-state index contributed by atoms with van der Waals surface area (Å²) < 4.78 is 11.6. The first-order valence-corrected chi connectivity index (χ1v) is 29.5. The van der Waals surface area contributed by atoms with Crippen molar-refractivity contribution < 1.29 is 23.9 Å². The standard InChI is InChI=1S/C59H116N2O5/c1-8-13-18-21-22-27-32-39-51-61(57(62)49-42-50-60(6)7)56(47-37-30-25-23-28-33-40-52-65-58(63)54(43-16-11-4)45-35-19-14-9-2)48-38-31-26-24-29-34-41-53-66-59(64)55(44-17-12-5)46-36-20-15-10-3/h54-56H,8-53H2,1-7H3. The highest BCUT2D eigenvalue weighted by molar-refractivity contribution is 5.76. The molecule has 0 bridgehead atoms. The zero-order valence-electron chi connectivity index (χ0n) is 45.7. The first-order chi connectivity index (χ1) is 32.2. The Morgan fingerprint density at radius 3 is 1.06 bits per heavy atom. The van der Waals surface area contributed by atoms with E-state index < -0.39 is 0 Å². The van der Waals surface area contributed by atoms with Gasteiger partial charge < -0.3 is 19.3 Å². The highest BCUT2D eigenvalue weighted by atomic mass is 16.5.